The van der Waals surface area contributed by atoms with Crippen LogP contribution in [0.15, 0.2) is 66.7 Å². The summed E-state index contributed by atoms with van der Waals surface area (Å²) in [6.45, 7) is 0. The number of anilines is 2. The second-order valence-electron chi connectivity index (χ2n) is 6.85. The van der Waals surface area contributed by atoms with Crippen molar-refractivity contribution in [3.8, 4) is 10.4 Å². The zero-order valence-corrected chi connectivity index (χ0v) is 16.3. The fourth-order valence-corrected chi connectivity index (χ4v) is 3.79. The molecule has 1 aliphatic rings. The number of carbonyl (C=O) groups is 2. The number of thiophene rings is 1. The molecule has 1 heterocycles. The summed E-state index contributed by atoms with van der Waals surface area (Å²) in [6.07, 6.45) is 5.01. The van der Waals surface area contributed by atoms with E-state index in [0.29, 0.717) is 16.9 Å². The molecule has 2 N–H and O–H groups in total. The minimum Gasteiger partial charge on any atom is -0.326 e. The van der Waals surface area contributed by atoms with Crippen molar-refractivity contribution >= 4 is 40.6 Å². The fourth-order valence-electron chi connectivity index (χ4n) is 2.85. The molecule has 29 heavy (non-hydrogen) atoms. The third kappa shape index (κ3) is 4.97. The van der Waals surface area contributed by atoms with Crippen molar-refractivity contribution in [3.63, 3.8) is 0 Å². The molecule has 0 unspecified atom stereocenters. The number of benzene rings is 2. The molecule has 2 aromatic carbocycles. The first-order chi connectivity index (χ1) is 14.1. The van der Waals surface area contributed by atoms with Crippen LogP contribution in [0.3, 0.4) is 0 Å². The number of hydrogen-bond acceptors (Lipinski definition) is 3. The standard InChI is InChI=1S/C23H19FN2O2S/c24-20-7-2-1-6-19(20)21-12-10-18(29-21)11-13-22(27)25-16-4-3-5-17(14-16)26-23(28)15-8-9-15/h1-7,10-15H,8-9H2,(H,25,27)(H,26,28)/b13-11+. The predicted molar refractivity (Wildman–Crippen MR) is 115 cm³/mol. The summed E-state index contributed by atoms with van der Waals surface area (Å²) in [5.41, 5.74) is 1.81. The number of nitrogens with one attached hydrogen (secondary N) is 2. The van der Waals surface area contributed by atoms with E-state index in [2.05, 4.69) is 10.6 Å². The topological polar surface area (TPSA) is 58.2 Å². The number of hydrogen-bond donors (Lipinski definition) is 2. The Balaban J connectivity index is 1.38. The van der Waals surface area contributed by atoms with Crippen LogP contribution in [0.2, 0.25) is 0 Å². The van der Waals surface area contributed by atoms with Crippen LogP contribution >= 0.6 is 11.3 Å². The fraction of sp³-hybridized carbons (Fsp3) is 0.130. The van der Waals surface area contributed by atoms with Crippen LogP contribution in [0, 0.1) is 11.7 Å². The largest absolute Gasteiger partial charge is 0.326 e. The van der Waals surface area contributed by atoms with Crippen molar-refractivity contribution in [1.82, 2.24) is 0 Å². The van der Waals surface area contributed by atoms with Crippen LogP contribution in [-0.2, 0) is 9.59 Å². The summed E-state index contributed by atoms with van der Waals surface area (Å²) in [7, 11) is 0. The Bertz CT molecular complexity index is 1090. The van der Waals surface area contributed by atoms with Gasteiger partial charge in [0.15, 0.2) is 0 Å². The van der Waals surface area contributed by atoms with E-state index >= 15 is 0 Å². The zero-order chi connectivity index (χ0) is 20.2. The Morgan fingerprint density at radius 2 is 1.72 bits per heavy atom. The van der Waals surface area contributed by atoms with E-state index in [0.717, 1.165) is 22.6 Å². The van der Waals surface area contributed by atoms with Crippen molar-refractivity contribution in [2.75, 3.05) is 10.6 Å². The molecule has 0 aliphatic heterocycles. The molecule has 6 heteroatoms. The molecule has 1 aromatic heterocycles. The van der Waals surface area contributed by atoms with Gasteiger partial charge in [0.2, 0.25) is 11.8 Å². The lowest BCUT2D eigenvalue weighted by atomic mass is 10.2. The summed E-state index contributed by atoms with van der Waals surface area (Å²) >= 11 is 1.41. The van der Waals surface area contributed by atoms with Crippen molar-refractivity contribution in [1.29, 1.82) is 0 Å². The Hall–Kier alpha value is -3.25. The van der Waals surface area contributed by atoms with Crippen molar-refractivity contribution < 1.29 is 14.0 Å². The molecule has 1 aliphatic carbocycles. The van der Waals surface area contributed by atoms with Crippen LogP contribution in [-0.4, -0.2) is 11.8 Å². The molecule has 0 spiro atoms. The third-order valence-electron chi connectivity index (χ3n) is 4.51. The SMILES string of the molecule is O=C(/C=C/c1ccc(-c2ccccc2F)s1)Nc1cccc(NC(=O)C2CC2)c1. The number of halogens is 1. The summed E-state index contributed by atoms with van der Waals surface area (Å²) in [5, 5.41) is 5.65. The number of rotatable bonds is 6. The summed E-state index contributed by atoms with van der Waals surface area (Å²) in [5.74, 6) is -0.402. The smallest absolute Gasteiger partial charge is 0.248 e. The van der Waals surface area contributed by atoms with Gasteiger partial charge in [0.25, 0.3) is 0 Å². The average Bonchev–Trinajstić information content (AvgIpc) is 3.46. The molecule has 4 rings (SSSR count). The molecule has 2 amide bonds. The van der Waals surface area contributed by atoms with Gasteiger partial charge in [-0.15, -0.1) is 11.3 Å². The second kappa shape index (κ2) is 8.41. The number of carbonyl (C=O) groups excluding carboxylic acids is 2. The van der Waals surface area contributed by atoms with Gasteiger partial charge in [0.1, 0.15) is 5.82 Å². The molecule has 0 bridgehead atoms. The van der Waals surface area contributed by atoms with Crippen molar-refractivity contribution in [3.05, 3.63) is 77.4 Å². The Morgan fingerprint density at radius 3 is 2.48 bits per heavy atom. The first-order valence-electron chi connectivity index (χ1n) is 9.33. The maximum Gasteiger partial charge on any atom is 0.248 e. The number of amides is 2. The minimum atomic E-state index is -0.281. The van der Waals surface area contributed by atoms with Gasteiger partial charge in [-0.05, 0) is 55.3 Å². The van der Waals surface area contributed by atoms with E-state index in [-0.39, 0.29) is 23.5 Å². The predicted octanol–water partition coefficient (Wildman–Crippen LogP) is 5.55. The monoisotopic (exact) mass is 406 g/mol. The molecule has 0 saturated heterocycles. The van der Waals surface area contributed by atoms with Crippen molar-refractivity contribution in [2.24, 2.45) is 5.92 Å². The van der Waals surface area contributed by atoms with Gasteiger partial charge in [-0.1, -0.05) is 24.3 Å². The highest BCUT2D eigenvalue weighted by Gasteiger charge is 2.29. The van der Waals surface area contributed by atoms with E-state index in [1.807, 2.05) is 12.1 Å². The Labute approximate surface area is 172 Å². The first kappa shape index (κ1) is 19.1. The van der Waals surface area contributed by atoms with Gasteiger partial charge < -0.3 is 10.6 Å². The van der Waals surface area contributed by atoms with Gasteiger partial charge in [-0.25, -0.2) is 4.39 Å². The molecular formula is C23H19FN2O2S. The van der Waals surface area contributed by atoms with Crippen LogP contribution in [0.5, 0.6) is 0 Å². The zero-order valence-electron chi connectivity index (χ0n) is 15.5. The summed E-state index contributed by atoms with van der Waals surface area (Å²) in [6, 6.07) is 17.4. The molecule has 0 atom stereocenters. The quantitative estimate of drug-likeness (QED) is 0.527. The molecular weight excluding hydrogens is 387 g/mol. The maximum atomic E-state index is 13.9. The van der Waals surface area contributed by atoms with E-state index in [1.165, 1.54) is 23.5 Å². The van der Waals surface area contributed by atoms with Gasteiger partial charge >= 0.3 is 0 Å². The molecule has 3 aromatic rings. The highest BCUT2D eigenvalue weighted by molar-refractivity contribution is 7.16. The van der Waals surface area contributed by atoms with Gasteiger partial charge in [0, 0.05) is 38.7 Å². The molecule has 1 saturated carbocycles. The van der Waals surface area contributed by atoms with Crippen LogP contribution in [0.1, 0.15) is 17.7 Å². The van der Waals surface area contributed by atoms with Crippen molar-refractivity contribution in [2.45, 2.75) is 12.8 Å². The second-order valence-corrected chi connectivity index (χ2v) is 7.96. The van der Waals surface area contributed by atoms with Gasteiger partial charge in [-0.3, -0.25) is 9.59 Å². The molecule has 1 fully saturated rings. The lowest BCUT2D eigenvalue weighted by Gasteiger charge is -2.07. The molecule has 146 valence electrons. The third-order valence-corrected chi connectivity index (χ3v) is 5.59. The van der Waals surface area contributed by atoms with Gasteiger partial charge in [0.05, 0.1) is 0 Å². The normalized spacial score (nSPS) is 13.4. The van der Waals surface area contributed by atoms with Crippen LogP contribution < -0.4 is 10.6 Å². The average molecular weight is 406 g/mol. The lowest BCUT2D eigenvalue weighted by molar-refractivity contribution is -0.117. The van der Waals surface area contributed by atoms with E-state index in [1.54, 1.807) is 48.5 Å². The highest BCUT2D eigenvalue weighted by atomic mass is 32.1. The van der Waals surface area contributed by atoms with E-state index in [4.69, 9.17) is 0 Å². The highest BCUT2D eigenvalue weighted by Crippen LogP contribution is 2.31. The van der Waals surface area contributed by atoms with Crippen LogP contribution in [0.4, 0.5) is 15.8 Å². The molecule has 4 nitrogen and oxygen atoms in total. The minimum absolute atomic E-state index is 0.0247. The van der Waals surface area contributed by atoms with E-state index < -0.39 is 0 Å². The first-order valence-corrected chi connectivity index (χ1v) is 10.1. The summed E-state index contributed by atoms with van der Waals surface area (Å²) in [4.78, 5) is 25.7. The summed E-state index contributed by atoms with van der Waals surface area (Å²) < 4.78 is 13.9. The maximum absolute atomic E-state index is 13.9. The lowest BCUT2D eigenvalue weighted by Crippen LogP contribution is -2.14. The van der Waals surface area contributed by atoms with E-state index in [9.17, 15) is 14.0 Å². The molecule has 0 radical (unpaired) electrons. The Morgan fingerprint density at radius 1 is 0.966 bits per heavy atom. The Kier molecular flexibility index (Phi) is 5.53. The van der Waals surface area contributed by atoms with Crippen LogP contribution in [0.25, 0.3) is 16.5 Å². The van der Waals surface area contributed by atoms with Gasteiger partial charge in [-0.2, -0.15) is 0 Å².